The fraction of sp³-hybridized carbons (Fsp3) is 0.529. The quantitative estimate of drug-likeness (QED) is 0.850. The Balaban J connectivity index is 1.72. The second-order valence-electron chi connectivity index (χ2n) is 6.02. The molecule has 1 aromatic carbocycles. The number of carbonyl (C=O) groups is 2. The number of likely N-dealkylation sites (tertiary alicyclic amines) is 1. The van der Waals surface area contributed by atoms with Crippen molar-refractivity contribution in [2.24, 2.45) is 11.7 Å². The summed E-state index contributed by atoms with van der Waals surface area (Å²) in [7, 11) is 0. The first-order chi connectivity index (χ1) is 10.6. The number of nitrogens with two attached hydrogens (primary N) is 1. The third-order valence-corrected chi connectivity index (χ3v) is 4.16. The molecule has 3 N–H and O–H groups in total. The highest BCUT2D eigenvalue weighted by Crippen LogP contribution is 2.21. The van der Waals surface area contributed by atoms with Crippen LogP contribution in [-0.2, 0) is 16.0 Å². The van der Waals surface area contributed by atoms with Crippen LogP contribution in [0.25, 0.3) is 0 Å². The molecule has 22 heavy (non-hydrogen) atoms. The molecule has 0 radical (unpaired) electrons. The standard InChI is InChI=1S/C17H25N3O2/c1-13(18)17(22)19-12-16(21)20-9-7-15(8-10-20)11-14-5-3-2-4-6-14/h2-6,13,15H,7-12,18H2,1H3,(H,19,22)/t13-/m0/s1. The second-order valence-corrected chi connectivity index (χ2v) is 6.02. The maximum Gasteiger partial charge on any atom is 0.241 e. The second kappa shape index (κ2) is 7.94. The molecule has 5 nitrogen and oxygen atoms in total. The van der Waals surface area contributed by atoms with E-state index in [-0.39, 0.29) is 18.4 Å². The average molecular weight is 303 g/mol. The topological polar surface area (TPSA) is 75.4 Å². The van der Waals surface area contributed by atoms with Crippen LogP contribution in [0.3, 0.4) is 0 Å². The van der Waals surface area contributed by atoms with Gasteiger partial charge in [0, 0.05) is 13.1 Å². The van der Waals surface area contributed by atoms with Crippen LogP contribution < -0.4 is 11.1 Å². The van der Waals surface area contributed by atoms with E-state index in [1.54, 1.807) is 6.92 Å². The predicted octanol–water partition coefficient (Wildman–Crippen LogP) is 0.931. The smallest absolute Gasteiger partial charge is 0.241 e. The Morgan fingerprint density at radius 3 is 2.50 bits per heavy atom. The van der Waals surface area contributed by atoms with E-state index in [1.165, 1.54) is 5.56 Å². The third-order valence-electron chi connectivity index (χ3n) is 4.16. The van der Waals surface area contributed by atoms with Gasteiger partial charge in [0.1, 0.15) is 0 Å². The molecule has 5 heteroatoms. The van der Waals surface area contributed by atoms with E-state index >= 15 is 0 Å². The molecule has 1 aliphatic heterocycles. The van der Waals surface area contributed by atoms with Crippen LogP contribution in [0.1, 0.15) is 25.3 Å². The summed E-state index contributed by atoms with van der Waals surface area (Å²) in [4.78, 5) is 25.3. The molecule has 0 aliphatic carbocycles. The SMILES string of the molecule is C[C@H](N)C(=O)NCC(=O)N1CCC(Cc2ccccc2)CC1. The van der Waals surface area contributed by atoms with Crippen molar-refractivity contribution in [2.75, 3.05) is 19.6 Å². The molecular weight excluding hydrogens is 278 g/mol. The van der Waals surface area contributed by atoms with Crippen LogP contribution in [0.5, 0.6) is 0 Å². The van der Waals surface area contributed by atoms with Gasteiger partial charge in [0.15, 0.2) is 0 Å². The molecular formula is C17H25N3O2. The molecule has 1 atom stereocenters. The zero-order valence-corrected chi connectivity index (χ0v) is 13.1. The molecule has 0 saturated carbocycles. The number of rotatable bonds is 5. The van der Waals surface area contributed by atoms with Crippen LogP contribution in [0, 0.1) is 5.92 Å². The summed E-state index contributed by atoms with van der Waals surface area (Å²) in [6, 6.07) is 9.89. The number of piperidine rings is 1. The molecule has 0 bridgehead atoms. The van der Waals surface area contributed by atoms with Gasteiger partial charge in [-0.05, 0) is 37.7 Å². The Labute approximate surface area is 131 Å². The first-order valence-electron chi connectivity index (χ1n) is 7.91. The highest BCUT2D eigenvalue weighted by atomic mass is 16.2. The number of amides is 2. The lowest BCUT2D eigenvalue weighted by molar-refractivity contribution is -0.134. The lowest BCUT2D eigenvalue weighted by Crippen LogP contribution is -2.47. The maximum absolute atomic E-state index is 12.1. The Morgan fingerprint density at radius 2 is 1.91 bits per heavy atom. The summed E-state index contributed by atoms with van der Waals surface area (Å²) in [5.41, 5.74) is 6.81. The summed E-state index contributed by atoms with van der Waals surface area (Å²) in [5, 5.41) is 2.58. The van der Waals surface area contributed by atoms with Crippen molar-refractivity contribution >= 4 is 11.8 Å². The average Bonchev–Trinajstić information content (AvgIpc) is 2.54. The normalized spacial score (nSPS) is 17.1. The van der Waals surface area contributed by atoms with E-state index in [9.17, 15) is 9.59 Å². The molecule has 1 aliphatic rings. The zero-order chi connectivity index (χ0) is 15.9. The van der Waals surface area contributed by atoms with E-state index in [2.05, 4.69) is 29.6 Å². The Hall–Kier alpha value is -1.88. The van der Waals surface area contributed by atoms with Crippen LogP contribution in [0.2, 0.25) is 0 Å². The van der Waals surface area contributed by atoms with Crippen LogP contribution in [0.4, 0.5) is 0 Å². The highest BCUT2D eigenvalue weighted by molar-refractivity contribution is 5.87. The molecule has 1 fully saturated rings. The van der Waals surface area contributed by atoms with Crippen molar-refractivity contribution in [1.82, 2.24) is 10.2 Å². The molecule has 0 unspecified atom stereocenters. The molecule has 2 rings (SSSR count). The van der Waals surface area contributed by atoms with Gasteiger partial charge in [-0.2, -0.15) is 0 Å². The lowest BCUT2D eigenvalue weighted by Gasteiger charge is -2.32. The van der Waals surface area contributed by atoms with Gasteiger partial charge in [0.25, 0.3) is 0 Å². The molecule has 2 amide bonds. The zero-order valence-electron chi connectivity index (χ0n) is 13.1. The largest absolute Gasteiger partial charge is 0.346 e. The van der Waals surface area contributed by atoms with Gasteiger partial charge in [0.05, 0.1) is 12.6 Å². The molecule has 0 spiro atoms. The van der Waals surface area contributed by atoms with E-state index < -0.39 is 6.04 Å². The minimum absolute atomic E-state index is 0.0211. The fourth-order valence-electron chi connectivity index (χ4n) is 2.77. The van der Waals surface area contributed by atoms with Crippen molar-refractivity contribution in [2.45, 2.75) is 32.2 Å². The van der Waals surface area contributed by atoms with Crippen molar-refractivity contribution in [3.05, 3.63) is 35.9 Å². The van der Waals surface area contributed by atoms with E-state index in [0.29, 0.717) is 5.92 Å². The number of hydrogen-bond donors (Lipinski definition) is 2. The maximum atomic E-state index is 12.1. The van der Waals surface area contributed by atoms with Gasteiger partial charge in [0.2, 0.25) is 11.8 Å². The van der Waals surface area contributed by atoms with Crippen molar-refractivity contribution in [3.63, 3.8) is 0 Å². The summed E-state index contributed by atoms with van der Waals surface area (Å²) >= 11 is 0. The molecule has 1 heterocycles. The predicted molar refractivity (Wildman–Crippen MR) is 86.1 cm³/mol. The van der Waals surface area contributed by atoms with E-state index in [1.807, 2.05) is 11.0 Å². The van der Waals surface area contributed by atoms with Crippen molar-refractivity contribution in [1.29, 1.82) is 0 Å². The summed E-state index contributed by atoms with van der Waals surface area (Å²) < 4.78 is 0. The van der Waals surface area contributed by atoms with Crippen molar-refractivity contribution < 1.29 is 9.59 Å². The summed E-state index contributed by atoms with van der Waals surface area (Å²) in [6.45, 7) is 3.19. The van der Waals surface area contributed by atoms with Gasteiger partial charge >= 0.3 is 0 Å². The molecule has 0 aromatic heterocycles. The van der Waals surface area contributed by atoms with E-state index in [0.717, 1.165) is 32.4 Å². The van der Waals surface area contributed by atoms with Gasteiger partial charge in [-0.1, -0.05) is 30.3 Å². The summed E-state index contributed by atoms with van der Waals surface area (Å²) in [6.07, 6.45) is 3.11. The van der Waals surface area contributed by atoms with Crippen LogP contribution >= 0.6 is 0 Å². The molecule has 120 valence electrons. The Kier molecular flexibility index (Phi) is 5.95. The van der Waals surface area contributed by atoms with Gasteiger partial charge in [-0.3, -0.25) is 9.59 Å². The highest BCUT2D eigenvalue weighted by Gasteiger charge is 2.23. The first kappa shape index (κ1) is 16.5. The molecule has 1 saturated heterocycles. The Bertz CT molecular complexity index is 494. The minimum Gasteiger partial charge on any atom is -0.346 e. The van der Waals surface area contributed by atoms with Gasteiger partial charge in [-0.15, -0.1) is 0 Å². The Morgan fingerprint density at radius 1 is 1.27 bits per heavy atom. The fourth-order valence-corrected chi connectivity index (χ4v) is 2.77. The number of nitrogens with zero attached hydrogens (tertiary/aromatic N) is 1. The minimum atomic E-state index is -0.579. The summed E-state index contributed by atoms with van der Waals surface area (Å²) in [5.74, 6) is 0.324. The number of hydrogen-bond acceptors (Lipinski definition) is 3. The van der Waals surface area contributed by atoms with Crippen LogP contribution in [-0.4, -0.2) is 42.4 Å². The lowest BCUT2D eigenvalue weighted by atomic mass is 9.90. The van der Waals surface area contributed by atoms with E-state index in [4.69, 9.17) is 5.73 Å². The van der Waals surface area contributed by atoms with Gasteiger partial charge in [-0.25, -0.2) is 0 Å². The first-order valence-corrected chi connectivity index (χ1v) is 7.91. The monoisotopic (exact) mass is 303 g/mol. The number of nitrogens with one attached hydrogen (secondary N) is 1. The van der Waals surface area contributed by atoms with Crippen LogP contribution in [0.15, 0.2) is 30.3 Å². The number of benzene rings is 1. The third kappa shape index (κ3) is 4.84. The molecule has 1 aromatic rings. The van der Waals surface area contributed by atoms with Crippen molar-refractivity contribution in [3.8, 4) is 0 Å². The van der Waals surface area contributed by atoms with Gasteiger partial charge < -0.3 is 16.0 Å². The number of carbonyl (C=O) groups excluding carboxylic acids is 2.